The number of nitrogens with two attached hydrogens (primary N) is 1. The largest absolute Gasteiger partial charge is 0.381 e. The summed E-state index contributed by atoms with van der Waals surface area (Å²) in [5.74, 6) is 0.0460. The molecule has 1 fully saturated rings. The highest BCUT2D eigenvalue weighted by molar-refractivity contribution is 7.89. The van der Waals surface area contributed by atoms with Gasteiger partial charge in [0.15, 0.2) is 5.82 Å². The van der Waals surface area contributed by atoms with Crippen molar-refractivity contribution in [2.24, 2.45) is 7.05 Å². The third-order valence-electron chi connectivity index (χ3n) is 3.59. The van der Waals surface area contributed by atoms with Gasteiger partial charge in [-0.25, -0.2) is 8.42 Å². The van der Waals surface area contributed by atoms with E-state index in [4.69, 9.17) is 5.73 Å². The van der Waals surface area contributed by atoms with Gasteiger partial charge >= 0.3 is 0 Å². The summed E-state index contributed by atoms with van der Waals surface area (Å²) in [6.45, 7) is 0.500. The van der Waals surface area contributed by atoms with Crippen LogP contribution in [0.25, 0.3) is 0 Å². The van der Waals surface area contributed by atoms with Crippen LogP contribution in [0.3, 0.4) is 0 Å². The summed E-state index contributed by atoms with van der Waals surface area (Å²) < 4.78 is 28.4. The first-order valence-electron chi connectivity index (χ1n) is 6.44. The van der Waals surface area contributed by atoms with Crippen molar-refractivity contribution in [2.45, 2.75) is 23.8 Å². The fraction of sp³-hybridized carbons (Fsp3) is 0.417. The maximum Gasteiger partial charge on any atom is 0.248 e. The predicted molar refractivity (Wildman–Crippen MR) is 74.3 cm³/mol. The number of nitrogens with one attached hydrogen (secondary N) is 1. The summed E-state index contributed by atoms with van der Waals surface area (Å²) in [7, 11) is -1.96. The minimum absolute atomic E-state index is 0.0460. The summed E-state index contributed by atoms with van der Waals surface area (Å²) in [4.78, 5) is 3.18. The van der Waals surface area contributed by atoms with Crippen molar-refractivity contribution < 1.29 is 8.42 Å². The van der Waals surface area contributed by atoms with Gasteiger partial charge in [0.2, 0.25) is 10.0 Å². The lowest BCUT2D eigenvalue weighted by atomic mass is 10.2. The molecule has 0 aromatic carbocycles. The normalized spacial score (nSPS) is 20.6. The van der Waals surface area contributed by atoms with Gasteiger partial charge in [-0.15, -0.1) is 0 Å². The number of sulfonamides is 1. The molecule has 8 heteroatoms. The van der Waals surface area contributed by atoms with Crippen LogP contribution < -0.4 is 5.73 Å². The van der Waals surface area contributed by atoms with Gasteiger partial charge in [0.05, 0.1) is 6.04 Å². The molecule has 3 N–H and O–H groups in total. The zero-order chi connectivity index (χ0) is 14.3. The molecule has 20 heavy (non-hydrogen) atoms. The van der Waals surface area contributed by atoms with Crippen LogP contribution in [0.1, 0.15) is 24.6 Å². The Balaban J connectivity index is 2.00. The van der Waals surface area contributed by atoms with Gasteiger partial charge in [-0.05, 0) is 25.0 Å². The molecule has 1 aliphatic rings. The van der Waals surface area contributed by atoms with Crippen molar-refractivity contribution in [1.82, 2.24) is 19.1 Å². The van der Waals surface area contributed by atoms with Crippen LogP contribution >= 0.6 is 0 Å². The van der Waals surface area contributed by atoms with Gasteiger partial charge in [0, 0.05) is 31.7 Å². The lowest BCUT2D eigenvalue weighted by molar-refractivity contribution is 0.391. The number of aromatic amines is 1. The zero-order valence-electron chi connectivity index (χ0n) is 11.2. The van der Waals surface area contributed by atoms with Crippen LogP contribution in [0, 0.1) is 0 Å². The van der Waals surface area contributed by atoms with Gasteiger partial charge in [-0.3, -0.25) is 4.68 Å². The molecule has 2 aromatic rings. The van der Waals surface area contributed by atoms with Gasteiger partial charge in [-0.2, -0.15) is 9.40 Å². The zero-order valence-corrected chi connectivity index (χ0v) is 12.0. The molecular formula is C12H17N5O2S. The fourth-order valence-corrected chi connectivity index (χ4v) is 4.47. The Labute approximate surface area is 117 Å². The number of rotatable bonds is 3. The van der Waals surface area contributed by atoms with Gasteiger partial charge in [0.1, 0.15) is 4.90 Å². The molecule has 0 amide bonds. The molecular weight excluding hydrogens is 278 g/mol. The average Bonchev–Trinajstić information content (AvgIpc) is 3.06. The van der Waals surface area contributed by atoms with Gasteiger partial charge < -0.3 is 10.7 Å². The van der Waals surface area contributed by atoms with Crippen molar-refractivity contribution in [2.75, 3.05) is 12.3 Å². The van der Waals surface area contributed by atoms with Crippen LogP contribution in [0.2, 0.25) is 0 Å². The van der Waals surface area contributed by atoms with E-state index in [2.05, 4.69) is 10.1 Å². The van der Waals surface area contributed by atoms with Gasteiger partial charge in [0.25, 0.3) is 0 Å². The second-order valence-corrected chi connectivity index (χ2v) is 6.81. The summed E-state index contributed by atoms with van der Waals surface area (Å²) in [6, 6.07) is 3.62. The van der Waals surface area contributed by atoms with Crippen molar-refractivity contribution in [3.63, 3.8) is 0 Å². The third kappa shape index (κ3) is 2.01. The predicted octanol–water partition coefficient (Wildman–Crippen LogP) is 0.856. The second kappa shape index (κ2) is 4.64. The van der Waals surface area contributed by atoms with Crippen molar-refractivity contribution >= 4 is 15.8 Å². The Hall–Kier alpha value is -1.80. The Morgan fingerprint density at radius 3 is 2.90 bits per heavy atom. The number of aryl methyl sites for hydroxylation is 1. The molecule has 1 unspecified atom stereocenters. The number of hydrogen-bond donors (Lipinski definition) is 2. The lowest BCUT2D eigenvalue weighted by Gasteiger charge is -2.22. The molecule has 7 nitrogen and oxygen atoms in total. The average molecular weight is 295 g/mol. The first-order valence-corrected chi connectivity index (χ1v) is 7.88. The Morgan fingerprint density at radius 1 is 1.50 bits per heavy atom. The van der Waals surface area contributed by atoms with Gasteiger partial charge in [-0.1, -0.05) is 0 Å². The third-order valence-corrected chi connectivity index (χ3v) is 5.52. The van der Waals surface area contributed by atoms with Crippen LogP contribution in [0.5, 0.6) is 0 Å². The molecule has 3 rings (SSSR count). The van der Waals surface area contributed by atoms with Crippen LogP contribution in [0.4, 0.5) is 5.82 Å². The molecule has 3 heterocycles. The summed E-state index contributed by atoms with van der Waals surface area (Å²) in [6.07, 6.45) is 4.90. The highest BCUT2D eigenvalue weighted by atomic mass is 32.2. The van der Waals surface area contributed by atoms with Crippen molar-refractivity contribution in [1.29, 1.82) is 0 Å². The molecule has 0 spiro atoms. The van der Waals surface area contributed by atoms with E-state index in [0.717, 1.165) is 18.5 Å². The Morgan fingerprint density at radius 2 is 2.30 bits per heavy atom. The highest BCUT2D eigenvalue weighted by Gasteiger charge is 2.38. The molecule has 0 bridgehead atoms. The minimum atomic E-state index is -3.62. The summed E-state index contributed by atoms with van der Waals surface area (Å²) in [5, 5.41) is 3.92. The van der Waals surface area contributed by atoms with E-state index in [-0.39, 0.29) is 16.8 Å². The number of hydrogen-bond acceptors (Lipinski definition) is 4. The molecule has 0 radical (unpaired) electrons. The van der Waals surface area contributed by atoms with E-state index < -0.39 is 10.0 Å². The quantitative estimate of drug-likeness (QED) is 0.877. The topological polar surface area (TPSA) is 97.0 Å². The first kappa shape index (κ1) is 13.2. The van der Waals surface area contributed by atoms with E-state index in [0.29, 0.717) is 6.54 Å². The van der Waals surface area contributed by atoms with E-state index in [1.165, 1.54) is 15.2 Å². The van der Waals surface area contributed by atoms with Crippen LogP contribution in [-0.2, 0) is 17.1 Å². The van der Waals surface area contributed by atoms with Crippen LogP contribution in [0.15, 0.2) is 29.4 Å². The summed E-state index contributed by atoms with van der Waals surface area (Å²) in [5.41, 5.74) is 6.62. The fourth-order valence-electron chi connectivity index (χ4n) is 2.70. The molecule has 0 aliphatic carbocycles. The monoisotopic (exact) mass is 295 g/mol. The number of nitrogen functional groups attached to an aromatic ring is 1. The first-order chi connectivity index (χ1) is 9.50. The smallest absolute Gasteiger partial charge is 0.248 e. The number of nitrogens with zero attached hydrogens (tertiary/aromatic N) is 3. The highest BCUT2D eigenvalue weighted by Crippen LogP contribution is 2.36. The standard InChI is InChI=1S/C12H17N5O2S/c1-16-8-11(12(13)15-16)20(18,19)17-7-3-5-10(17)9-4-2-6-14-9/h2,4,6,8,10,14H,3,5,7H2,1H3,(H2,13,15). The van der Waals surface area contributed by atoms with E-state index in [1.54, 1.807) is 13.2 Å². The molecule has 108 valence electrons. The maximum absolute atomic E-state index is 12.8. The van der Waals surface area contributed by atoms with Crippen molar-refractivity contribution in [3.05, 3.63) is 30.2 Å². The minimum Gasteiger partial charge on any atom is -0.381 e. The molecule has 1 saturated heterocycles. The molecule has 1 atom stereocenters. The molecule has 0 saturated carbocycles. The molecule has 1 aliphatic heterocycles. The Kier molecular flexibility index (Phi) is 3.06. The van der Waals surface area contributed by atoms with Crippen molar-refractivity contribution in [3.8, 4) is 0 Å². The van der Waals surface area contributed by atoms with E-state index >= 15 is 0 Å². The lowest BCUT2D eigenvalue weighted by Crippen LogP contribution is -2.31. The molecule has 2 aromatic heterocycles. The van der Waals surface area contributed by atoms with Crippen LogP contribution in [-0.4, -0.2) is 34.0 Å². The second-order valence-electron chi connectivity index (χ2n) is 4.95. The Bertz CT molecular complexity index is 704. The van der Waals surface area contributed by atoms with E-state index in [9.17, 15) is 8.42 Å². The number of H-pyrrole nitrogens is 1. The van der Waals surface area contributed by atoms with E-state index in [1.807, 2.05) is 12.1 Å². The number of aromatic nitrogens is 3. The maximum atomic E-state index is 12.8. The SMILES string of the molecule is Cn1cc(S(=O)(=O)N2CCCC2c2ccc[nH]2)c(N)n1. The number of anilines is 1. The summed E-state index contributed by atoms with van der Waals surface area (Å²) >= 11 is 0.